The number of benzene rings is 1. The highest BCUT2D eigenvalue weighted by Crippen LogP contribution is 2.20. The second-order valence-corrected chi connectivity index (χ2v) is 5.10. The van der Waals surface area contributed by atoms with Crippen molar-refractivity contribution in [3.05, 3.63) is 39.9 Å². The van der Waals surface area contributed by atoms with E-state index in [0.717, 1.165) is 5.56 Å². The summed E-state index contributed by atoms with van der Waals surface area (Å²) in [6, 6.07) is 6.86. The fraction of sp³-hybridized carbons (Fsp3) is 0.571. The molecule has 0 radical (unpaired) electrons. The van der Waals surface area contributed by atoms with E-state index in [1.165, 1.54) is 6.07 Å². The molecule has 0 heterocycles. The molecule has 19 heavy (non-hydrogen) atoms. The van der Waals surface area contributed by atoms with Crippen molar-refractivity contribution < 1.29 is 10.0 Å². The van der Waals surface area contributed by atoms with Gasteiger partial charge in [-0.1, -0.05) is 26.0 Å². The Morgan fingerprint density at radius 3 is 2.58 bits per heavy atom. The van der Waals surface area contributed by atoms with E-state index in [1.54, 1.807) is 12.1 Å². The molecule has 0 saturated carbocycles. The quantitative estimate of drug-likeness (QED) is 0.587. The maximum atomic E-state index is 10.8. The maximum Gasteiger partial charge on any atom is 0.269 e. The van der Waals surface area contributed by atoms with Crippen LogP contribution in [-0.4, -0.2) is 22.7 Å². The fourth-order valence-electron chi connectivity index (χ4n) is 2.07. The van der Waals surface area contributed by atoms with Crippen molar-refractivity contribution in [1.82, 2.24) is 5.32 Å². The molecule has 5 heteroatoms. The Morgan fingerprint density at radius 2 is 2.05 bits per heavy atom. The van der Waals surface area contributed by atoms with Gasteiger partial charge in [0.25, 0.3) is 5.69 Å². The summed E-state index contributed by atoms with van der Waals surface area (Å²) in [7, 11) is 0. The molecule has 2 atom stereocenters. The third-order valence-corrected chi connectivity index (χ3v) is 3.29. The lowest BCUT2D eigenvalue weighted by molar-refractivity contribution is -0.384. The minimum Gasteiger partial charge on any atom is -0.396 e. The Hall–Kier alpha value is -1.46. The zero-order valence-corrected chi connectivity index (χ0v) is 11.7. The number of hydrogen-bond acceptors (Lipinski definition) is 4. The Morgan fingerprint density at radius 1 is 1.37 bits per heavy atom. The van der Waals surface area contributed by atoms with Crippen LogP contribution in [0.1, 0.15) is 38.8 Å². The van der Waals surface area contributed by atoms with Crippen LogP contribution in [0.25, 0.3) is 0 Å². The molecule has 106 valence electrons. The molecule has 0 aliphatic carbocycles. The predicted octanol–water partition coefficient (Wildman–Crippen LogP) is 2.65. The molecule has 0 aliphatic heterocycles. The van der Waals surface area contributed by atoms with Gasteiger partial charge in [-0.3, -0.25) is 10.1 Å². The third-order valence-electron chi connectivity index (χ3n) is 3.29. The van der Waals surface area contributed by atoms with Crippen molar-refractivity contribution in [2.75, 3.05) is 6.61 Å². The maximum absolute atomic E-state index is 10.8. The van der Waals surface area contributed by atoms with Gasteiger partial charge in [-0.2, -0.15) is 0 Å². The van der Waals surface area contributed by atoms with Crippen molar-refractivity contribution >= 4 is 5.69 Å². The Kier molecular flexibility index (Phi) is 5.92. The van der Waals surface area contributed by atoms with Gasteiger partial charge in [0.15, 0.2) is 0 Å². The second-order valence-electron chi connectivity index (χ2n) is 5.10. The zero-order valence-electron chi connectivity index (χ0n) is 11.7. The molecule has 2 N–H and O–H groups in total. The number of nitrogens with one attached hydrogen (secondary N) is 1. The molecule has 2 unspecified atom stereocenters. The number of hydrogen-bond donors (Lipinski definition) is 2. The topological polar surface area (TPSA) is 75.4 Å². The molecule has 5 nitrogen and oxygen atoms in total. The largest absolute Gasteiger partial charge is 0.396 e. The molecule has 0 fully saturated rings. The molecule has 0 saturated heterocycles. The molecular formula is C14H22N2O3. The van der Waals surface area contributed by atoms with Crippen molar-refractivity contribution in [3.63, 3.8) is 0 Å². The predicted molar refractivity (Wildman–Crippen MR) is 75.0 cm³/mol. The normalized spacial score (nSPS) is 14.4. The highest BCUT2D eigenvalue weighted by Gasteiger charge is 2.17. The number of aliphatic hydroxyl groups is 1. The van der Waals surface area contributed by atoms with E-state index in [2.05, 4.69) is 19.2 Å². The minimum atomic E-state index is -0.385. The van der Waals surface area contributed by atoms with Crippen LogP contribution in [0.15, 0.2) is 24.3 Å². The van der Waals surface area contributed by atoms with Crippen LogP contribution in [0.4, 0.5) is 5.69 Å². The van der Waals surface area contributed by atoms with Gasteiger partial charge in [0.1, 0.15) is 0 Å². The average Bonchev–Trinajstić information content (AvgIpc) is 2.38. The minimum absolute atomic E-state index is 0.0128. The lowest BCUT2D eigenvalue weighted by atomic mass is 9.98. The zero-order chi connectivity index (χ0) is 14.4. The highest BCUT2D eigenvalue weighted by molar-refractivity contribution is 5.35. The standard InChI is InChI=1S/C14H22N2O3/c1-10(2)14(7-8-17)15-11(3)12-5-4-6-13(9-12)16(18)19/h4-6,9-11,14-15,17H,7-8H2,1-3H3. The first-order valence-electron chi connectivity index (χ1n) is 6.57. The van der Waals surface area contributed by atoms with E-state index in [0.29, 0.717) is 12.3 Å². The van der Waals surface area contributed by atoms with Crippen LogP contribution in [0, 0.1) is 16.0 Å². The summed E-state index contributed by atoms with van der Waals surface area (Å²) in [6.45, 7) is 6.30. The van der Waals surface area contributed by atoms with Gasteiger partial charge in [0.2, 0.25) is 0 Å². The summed E-state index contributed by atoms with van der Waals surface area (Å²) in [4.78, 5) is 10.4. The first-order valence-corrected chi connectivity index (χ1v) is 6.57. The van der Waals surface area contributed by atoms with E-state index in [1.807, 2.05) is 13.0 Å². The molecular weight excluding hydrogens is 244 g/mol. The SMILES string of the molecule is CC(NC(CCO)C(C)C)c1cccc([N+](=O)[O-])c1. The van der Waals surface area contributed by atoms with Crippen molar-refractivity contribution in [2.45, 2.75) is 39.3 Å². The van der Waals surface area contributed by atoms with Crippen molar-refractivity contribution in [2.24, 2.45) is 5.92 Å². The van der Waals surface area contributed by atoms with Gasteiger partial charge in [-0.25, -0.2) is 0 Å². The van der Waals surface area contributed by atoms with Gasteiger partial charge in [0, 0.05) is 30.8 Å². The van der Waals surface area contributed by atoms with Gasteiger partial charge >= 0.3 is 0 Å². The van der Waals surface area contributed by atoms with Crippen LogP contribution < -0.4 is 5.32 Å². The molecule has 0 spiro atoms. The van der Waals surface area contributed by atoms with Gasteiger partial charge < -0.3 is 10.4 Å². The molecule has 0 aliphatic rings. The number of nitrogens with zero attached hydrogens (tertiary/aromatic N) is 1. The van der Waals surface area contributed by atoms with Crippen LogP contribution >= 0.6 is 0 Å². The van der Waals surface area contributed by atoms with Gasteiger partial charge in [-0.05, 0) is 24.8 Å². The fourth-order valence-corrected chi connectivity index (χ4v) is 2.07. The lowest BCUT2D eigenvalue weighted by Crippen LogP contribution is -2.36. The third kappa shape index (κ3) is 4.61. The summed E-state index contributed by atoms with van der Waals surface area (Å²) < 4.78 is 0. The first-order chi connectivity index (χ1) is 8.95. The van der Waals surface area contributed by atoms with Crippen LogP contribution in [0.2, 0.25) is 0 Å². The second kappa shape index (κ2) is 7.21. The monoisotopic (exact) mass is 266 g/mol. The van der Waals surface area contributed by atoms with E-state index in [4.69, 9.17) is 5.11 Å². The van der Waals surface area contributed by atoms with Crippen LogP contribution in [-0.2, 0) is 0 Å². The van der Waals surface area contributed by atoms with Crippen molar-refractivity contribution in [3.8, 4) is 0 Å². The summed E-state index contributed by atoms with van der Waals surface area (Å²) in [5, 5.41) is 23.2. The molecule has 0 amide bonds. The molecule has 0 aromatic heterocycles. The molecule has 1 aromatic rings. The molecule has 1 rings (SSSR count). The Bertz CT molecular complexity index is 421. The first kappa shape index (κ1) is 15.6. The summed E-state index contributed by atoms with van der Waals surface area (Å²) >= 11 is 0. The summed E-state index contributed by atoms with van der Waals surface area (Å²) in [6.07, 6.45) is 0.678. The van der Waals surface area contributed by atoms with Gasteiger partial charge in [0.05, 0.1) is 4.92 Å². The Balaban J connectivity index is 2.78. The summed E-state index contributed by atoms with van der Waals surface area (Å²) in [5.74, 6) is 0.397. The summed E-state index contributed by atoms with van der Waals surface area (Å²) in [5.41, 5.74) is 0.993. The number of nitro groups is 1. The van der Waals surface area contributed by atoms with Crippen LogP contribution in [0.3, 0.4) is 0 Å². The van der Waals surface area contributed by atoms with E-state index >= 15 is 0 Å². The van der Waals surface area contributed by atoms with Crippen molar-refractivity contribution in [1.29, 1.82) is 0 Å². The number of rotatable bonds is 7. The average molecular weight is 266 g/mol. The molecule has 0 bridgehead atoms. The highest BCUT2D eigenvalue weighted by atomic mass is 16.6. The van der Waals surface area contributed by atoms with Gasteiger partial charge in [-0.15, -0.1) is 0 Å². The number of aliphatic hydroxyl groups excluding tert-OH is 1. The Labute approximate surface area is 113 Å². The van der Waals surface area contributed by atoms with E-state index in [-0.39, 0.29) is 29.3 Å². The smallest absolute Gasteiger partial charge is 0.269 e. The molecule has 1 aromatic carbocycles. The number of non-ortho nitro benzene ring substituents is 1. The number of nitro benzene ring substituents is 1. The van der Waals surface area contributed by atoms with Crippen LogP contribution in [0.5, 0.6) is 0 Å². The lowest BCUT2D eigenvalue weighted by Gasteiger charge is -2.26. The van der Waals surface area contributed by atoms with E-state index < -0.39 is 0 Å². The van der Waals surface area contributed by atoms with E-state index in [9.17, 15) is 10.1 Å².